The minimum atomic E-state index is -0.140. The molecule has 0 bridgehead atoms. The molecule has 0 fully saturated rings. The van der Waals surface area contributed by atoms with Gasteiger partial charge in [-0.05, 0) is 23.6 Å². The molecule has 0 amide bonds. The molecule has 0 aliphatic rings. The molecular weight excluding hydrogens is 212 g/mol. The summed E-state index contributed by atoms with van der Waals surface area (Å²) in [5.41, 5.74) is 7.46. The van der Waals surface area contributed by atoms with Crippen LogP contribution in [-0.2, 0) is 6.42 Å². The molecule has 0 aromatic heterocycles. The Morgan fingerprint density at radius 1 is 1.53 bits per heavy atom. The Kier molecular flexibility index (Phi) is 5.05. The summed E-state index contributed by atoms with van der Waals surface area (Å²) in [5, 5.41) is 12.9. The van der Waals surface area contributed by atoms with Crippen molar-refractivity contribution in [3.05, 3.63) is 34.3 Å². The van der Waals surface area contributed by atoms with E-state index in [2.05, 4.69) is 12.2 Å². The minimum Gasteiger partial charge on any atom is -0.394 e. The van der Waals surface area contributed by atoms with E-state index in [-0.39, 0.29) is 12.6 Å². The lowest BCUT2D eigenvalue weighted by atomic mass is 10.0. The largest absolute Gasteiger partial charge is 0.394 e. The predicted octanol–water partition coefficient (Wildman–Crippen LogP) is 1.44. The van der Waals surface area contributed by atoms with Crippen molar-refractivity contribution in [1.29, 1.82) is 0 Å². The first-order chi connectivity index (χ1) is 7.22. The van der Waals surface area contributed by atoms with Gasteiger partial charge in [-0.25, -0.2) is 0 Å². The highest BCUT2D eigenvalue weighted by atomic mass is 35.5. The molecule has 1 rings (SSSR count). The molecule has 3 nitrogen and oxygen atoms in total. The van der Waals surface area contributed by atoms with E-state index < -0.39 is 0 Å². The van der Waals surface area contributed by atoms with Crippen molar-refractivity contribution in [1.82, 2.24) is 5.32 Å². The van der Waals surface area contributed by atoms with E-state index in [1.165, 1.54) is 0 Å². The average Bonchev–Trinajstić information content (AvgIpc) is 2.25. The van der Waals surface area contributed by atoms with Gasteiger partial charge in [0.25, 0.3) is 0 Å². The highest BCUT2D eigenvalue weighted by molar-refractivity contribution is 6.31. The zero-order valence-electron chi connectivity index (χ0n) is 8.83. The molecule has 0 saturated carbocycles. The van der Waals surface area contributed by atoms with Crippen LogP contribution in [0.5, 0.6) is 0 Å². The lowest BCUT2D eigenvalue weighted by molar-refractivity contribution is 0.245. The van der Waals surface area contributed by atoms with E-state index in [0.29, 0.717) is 6.67 Å². The maximum absolute atomic E-state index is 9.17. The van der Waals surface area contributed by atoms with E-state index in [1.807, 2.05) is 18.2 Å². The van der Waals surface area contributed by atoms with Gasteiger partial charge in [0.2, 0.25) is 0 Å². The van der Waals surface area contributed by atoms with Crippen LogP contribution < -0.4 is 11.1 Å². The molecule has 1 unspecified atom stereocenters. The predicted molar refractivity (Wildman–Crippen MR) is 62.8 cm³/mol. The van der Waals surface area contributed by atoms with Crippen molar-refractivity contribution in [3.63, 3.8) is 0 Å². The highest BCUT2D eigenvalue weighted by Gasteiger charge is 2.10. The van der Waals surface area contributed by atoms with Gasteiger partial charge in [-0.15, -0.1) is 0 Å². The number of aryl methyl sites for hydroxylation is 1. The normalized spacial score (nSPS) is 12.8. The molecule has 0 saturated heterocycles. The van der Waals surface area contributed by atoms with Crippen LogP contribution in [0.3, 0.4) is 0 Å². The van der Waals surface area contributed by atoms with Gasteiger partial charge < -0.3 is 10.8 Å². The van der Waals surface area contributed by atoms with Crippen LogP contribution in [0, 0.1) is 0 Å². The smallest absolute Gasteiger partial charge is 0.0626 e. The van der Waals surface area contributed by atoms with Crippen molar-refractivity contribution >= 4 is 11.6 Å². The molecule has 0 aliphatic carbocycles. The first-order valence-corrected chi connectivity index (χ1v) is 5.43. The van der Waals surface area contributed by atoms with Crippen LogP contribution in [0.4, 0.5) is 0 Å². The van der Waals surface area contributed by atoms with Crippen molar-refractivity contribution in [2.45, 2.75) is 19.4 Å². The lowest BCUT2D eigenvalue weighted by Crippen LogP contribution is -2.29. The number of aliphatic hydroxyl groups is 1. The number of rotatable bonds is 5. The van der Waals surface area contributed by atoms with Gasteiger partial charge >= 0.3 is 0 Å². The van der Waals surface area contributed by atoms with Gasteiger partial charge in [-0.2, -0.15) is 0 Å². The first kappa shape index (κ1) is 12.5. The highest BCUT2D eigenvalue weighted by Crippen LogP contribution is 2.22. The summed E-state index contributed by atoms with van der Waals surface area (Å²) >= 11 is 6.09. The van der Waals surface area contributed by atoms with E-state index >= 15 is 0 Å². The summed E-state index contributed by atoms with van der Waals surface area (Å²) in [6.45, 7) is 2.40. The molecule has 1 aromatic carbocycles. The molecule has 4 heteroatoms. The maximum atomic E-state index is 9.17. The van der Waals surface area contributed by atoms with Crippen LogP contribution in [-0.4, -0.2) is 18.4 Å². The first-order valence-electron chi connectivity index (χ1n) is 5.05. The molecule has 0 aliphatic heterocycles. The van der Waals surface area contributed by atoms with Crippen molar-refractivity contribution in [3.8, 4) is 0 Å². The summed E-state index contributed by atoms with van der Waals surface area (Å²) in [6, 6.07) is 5.69. The number of hydrogen-bond donors (Lipinski definition) is 3. The number of halogens is 1. The van der Waals surface area contributed by atoms with Crippen molar-refractivity contribution < 1.29 is 5.11 Å². The molecule has 0 spiro atoms. The van der Waals surface area contributed by atoms with Gasteiger partial charge in [0.05, 0.1) is 12.6 Å². The molecule has 0 radical (unpaired) electrons. The Morgan fingerprint density at radius 3 is 2.73 bits per heavy atom. The summed E-state index contributed by atoms with van der Waals surface area (Å²) in [7, 11) is 0. The average molecular weight is 229 g/mol. The molecular formula is C11H17ClN2O. The van der Waals surface area contributed by atoms with Crippen molar-refractivity contribution in [2.75, 3.05) is 13.3 Å². The van der Waals surface area contributed by atoms with Crippen LogP contribution in [0.2, 0.25) is 5.02 Å². The summed E-state index contributed by atoms with van der Waals surface area (Å²) in [5.74, 6) is 0. The third-order valence-corrected chi connectivity index (χ3v) is 2.76. The Bertz CT molecular complexity index is 317. The maximum Gasteiger partial charge on any atom is 0.0626 e. The van der Waals surface area contributed by atoms with Gasteiger partial charge in [-0.3, -0.25) is 5.32 Å². The number of aliphatic hydroxyl groups excluding tert-OH is 1. The fraction of sp³-hybridized carbons (Fsp3) is 0.455. The minimum absolute atomic E-state index is 0.0129. The van der Waals surface area contributed by atoms with Crippen LogP contribution in [0.1, 0.15) is 24.1 Å². The van der Waals surface area contributed by atoms with Gasteiger partial charge in [0, 0.05) is 11.7 Å². The third kappa shape index (κ3) is 3.18. The Balaban J connectivity index is 2.89. The number of nitrogens with one attached hydrogen (secondary N) is 1. The Morgan fingerprint density at radius 2 is 2.27 bits per heavy atom. The summed E-state index contributed by atoms with van der Waals surface area (Å²) in [6.07, 6.45) is 0.910. The topological polar surface area (TPSA) is 58.3 Å². The van der Waals surface area contributed by atoms with E-state index in [9.17, 15) is 0 Å². The quantitative estimate of drug-likeness (QED) is 0.669. The van der Waals surface area contributed by atoms with Crippen molar-refractivity contribution in [2.24, 2.45) is 5.73 Å². The summed E-state index contributed by atoms with van der Waals surface area (Å²) < 4.78 is 0. The number of hydrogen-bond acceptors (Lipinski definition) is 3. The lowest BCUT2D eigenvalue weighted by Gasteiger charge is -2.16. The van der Waals surface area contributed by atoms with E-state index in [0.717, 1.165) is 22.6 Å². The van der Waals surface area contributed by atoms with Crippen LogP contribution >= 0.6 is 11.6 Å². The second-order valence-electron chi connectivity index (χ2n) is 3.35. The fourth-order valence-corrected chi connectivity index (χ4v) is 1.82. The number of benzene rings is 1. The Labute approximate surface area is 95.2 Å². The zero-order chi connectivity index (χ0) is 11.3. The van der Waals surface area contributed by atoms with Gasteiger partial charge in [0.15, 0.2) is 0 Å². The summed E-state index contributed by atoms with van der Waals surface area (Å²) in [4.78, 5) is 0. The second-order valence-corrected chi connectivity index (χ2v) is 3.76. The molecule has 15 heavy (non-hydrogen) atoms. The number of nitrogens with two attached hydrogens (primary N) is 1. The molecule has 1 aromatic rings. The molecule has 84 valence electrons. The molecule has 0 heterocycles. The fourth-order valence-electron chi connectivity index (χ4n) is 1.50. The van der Waals surface area contributed by atoms with Crippen LogP contribution in [0.15, 0.2) is 18.2 Å². The monoisotopic (exact) mass is 228 g/mol. The Hall–Kier alpha value is -0.610. The van der Waals surface area contributed by atoms with E-state index in [4.69, 9.17) is 22.4 Å². The van der Waals surface area contributed by atoms with Gasteiger partial charge in [0.1, 0.15) is 0 Å². The second kappa shape index (κ2) is 6.08. The standard InChI is InChI=1S/C11H17ClN2O/c1-2-8-3-4-9(5-10(8)12)11(6-15)14-7-13/h3-5,11,14-15H,2,6-7,13H2,1H3. The van der Waals surface area contributed by atoms with Crippen LogP contribution in [0.25, 0.3) is 0 Å². The molecule has 4 N–H and O–H groups in total. The van der Waals surface area contributed by atoms with E-state index in [1.54, 1.807) is 0 Å². The SMILES string of the molecule is CCc1ccc(C(CO)NCN)cc1Cl. The third-order valence-electron chi connectivity index (χ3n) is 2.41. The molecule has 1 atom stereocenters. The zero-order valence-corrected chi connectivity index (χ0v) is 9.59. The van der Waals surface area contributed by atoms with Gasteiger partial charge in [-0.1, -0.05) is 30.7 Å².